The van der Waals surface area contributed by atoms with E-state index < -0.39 is 0 Å². The third-order valence-electron chi connectivity index (χ3n) is 4.78. The molecule has 5 heteroatoms. The summed E-state index contributed by atoms with van der Waals surface area (Å²) in [4.78, 5) is 15.7. The predicted molar refractivity (Wildman–Crippen MR) is 102 cm³/mol. The van der Waals surface area contributed by atoms with E-state index in [1.165, 1.54) is 4.90 Å². The molecule has 25 heavy (non-hydrogen) atoms. The van der Waals surface area contributed by atoms with Gasteiger partial charge in [-0.1, -0.05) is 24.3 Å². The average Bonchev–Trinajstić information content (AvgIpc) is 3.04. The Morgan fingerprint density at radius 2 is 1.84 bits per heavy atom. The number of thioether (sulfide) groups is 1. The van der Waals surface area contributed by atoms with Crippen LogP contribution in [0.5, 0.6) is 5.75 Å². The summed E-state index contributed by atoms with van der Waals surface area (Å²) in [7, 11) is 1.66. The van der Waals surface area contributed by atoms with Gasteiger partial charge in [0, 0.05) is 29.9 Å². The quantitative estimate of drug-likeness (QED) is 0.837. The standard InChI is InChI=1S/C20H24N2O2S/c1-24-16-7-5-15(6-8-16)18-12-22(13-19(18)21)20(23)11-14-3-9-17(25-2)10-4-14/h3-10,18-19H,11-13,21H2,1-2H3/t18-,19+/m0/s1. The molecular weight excluding hydrogens is 332 g/mol. The lowest BCUT2D eigenvalue weighted by molar-refractivity contribution is -0.129. The van der Waals surface area contributed by atoms with Crippen LogP contribution in [0.1, 0.15) is 17.0 Å². The van der Waals surface area contributed by atoms with E-state index in [9.17, 15) is 4.79 Å². The number of carbonyl (C=O) groups excluding carboxylic acids is 1. The van der Waals surface area contributed by atoms with Crippen molar-refractivity contribution in [2.24, 2.45) is 5.73 Å². The smallest absolute Gasteiger partial charge is 0.227 e. The van der Waals surface area contributed by atoms with Crippen LogP contribution in [0.3, 0.4) is 0 Å². The summed E-state index contributed by atoms with van der Waals surface area (Å²) in [5.74, 6) is 1.15. The summed E-state index contributed by atoms with van der Waals surface area (Å²) in [5, 5.41) is 0. The SMILES string of the molecule is COc1ccc([C@@H]2CN(C(=O)Cc3ccc(SC)cc3)C[C@H]2N)cc1. The lowest BCUT2D eigenvalue weighted by Crippen LogP contribution is -2.33. The van der Waals surface area contributed by atoms with E-state index in [2.05, 4.69) is 12.1 Å². The minimum atomic E-state index is -0.0313. The normalized spacial score (nSPS) is 19.9. The molecular formula is C20H24N2O2S. The molecule has 0 spiro atoms. The molecule has 0 aromatic heterocycles. The third-order valence-corrected chi connectivity index (χ3v) is 5.52. The van der Waals surface area contributed by atoms with Crippen LogP contribution < -0.4 is 10.5 Å². The molecule has 2 atom stereocenters. The predicted octanol–water partition coefficient (Wildman–Crippen LogP) is 2.91. The minimum absolute atomic E-state index is 0.0313. The van der Waals surface area contributed by atoms with Crippen molar-refractivity contribution in [1.29, 1.82) is 0 Å². The Morgan fingerprint density at radius 1 is 1.16 bits per heavy atom. The summed E-state index contributed by atoms with van der Waals surface area (Å²) in [5.41, 5.74) is 8.52. The maximum absolute atomic E-state index is 12.6. The molecule has 0 bridgehead atoms. The Morgan fingerprint density at radius 3 is 2.44 bits per heavy atom. The molecule has 0 aliphatic carbocycles. The maximum atomic E-state index is 12.6. The Balaban J connectivity index is 1.64. The molecule has 2 N–H and O–H groups in total. The van der Waals surface area contributed by atoms with Crippen LogP contribution >= 0.6 is 11.8 Å². The van der Waals surface area contributed by atoms with Crippen molar-refractivity contribution in [3.8, 4) is 5.75 Å². The van der Waals surface area contributed by atoms with E-state index in [0.717, 1.165) is 16.9 Å². The molecule has 1 fully saturated rings. The number of benzene rings is 2. The molecule has 2 aromatic rings. The molecule has 1 saturated heterocycles. The molecule has 0 radical (unpaired) electrons. The zero-order chi connectivity index (χ0) is 17.8. The molecule has 0 unspecified atom stereocenters. The second-order valence-electron chi connectivity index (χ2n) is 6.37. The molecule has 1 aliphatic heterocycles. The molecule has 0 saturated carbocycles. The van der Waals surface area contributed by atoms with Gasteiger partial charge in [-0.3, -0.25) is 4.79 Å². The zero-order valence-electron chi connectivity index (χ0n) is 14.6. The van der Waals surface area contributed by atoms with Gasteiger partial charge in [-0.15, -0.1) is 11.8 Å². The van der Waals surface area contributed by atoms with Crippen molar-refractivity contribution in [1.82, 2.24) is 4.90 Å². The van der Waals surface area contributed by atoms with Crippen molar-refractivity contribution >= 4 is 17.7 Å². The monoisotopic (exact) mass is 356 g/mol. The van der Waals surface area contributed by atoms with Crippen LogP contribution in [0.25, 0.3) is 0 Å². The molecule has 4 nitrogen and oxygen atoms in total. The van der Waals surface area contributed by atoms with Gasteiger partial charge in [0.25, 0.3) is 0 Å². The third kappa shape index (κ3) is 4.17. The van der Waals surface area contributed by atoms with E-state index >= 15 is 0 Å². The Labute approximate surface area is 153 Å². The van der Waals surface area contributed by atoms with Gasteiger partial charge in [-0.25, -0.2) is 0 Å². The number of carbonyl (C=O) groups is 1. The van der Waals surface area contributed by atoms with Crippen LogP contribution in [0.4, 0.5) is 0 Å². The van der Waals surface area contributed by atoms with Crippen LogP contribution in [-0.4, -0.2) is 43.3 Å². The van der Waals surface area contributed by atoms with Crippen molar-refractivity contribution in [3.63, 3.8) is 0 Å². The lowest BCUT2D eigenvalue weighted by atomic mass is 9.95. The molecule has 1 heterocycles. The van der Waals surface area contributed by atoms with Crippen LogP contribution in [0.2, 0.25) is 0 Å². The number of methoxy groups -OCH3 is 1. The van der Waals surface area contributed by atoms with E-state index in [-0.39, 0.29) is 17.9 Å². The van der Waals surface area contributed by atoms with Crippen molar-refractivity contribution in [2.45, 2.75) is 23.3 Å². The maximum Gasteiger partial charge on any atom is 0.227 e. The first-order chi connectivity index (χ1) is 12.1. The lowest BCUT2D eigenvalue weighted by Gasteiger charge is -2.17. The number of likely N-dealkylation sites (tertiary alicyclic amines) is 1. The number of nitrogens with zero attached hydrogens (tertiary/aromatic N) is 1. The fraction of sp³-hybridized carbons (Fsp3) is 0.350. The summed E-state index contributed by atoms with van der Waals surface area (Å²) >= 11 is 1.70. The second kappa shape index (κ2) is 7.93. The number of nitrogens with two attached hydrogens (primary N) is 1. The molecule has 132 valence electrons. The van der Waals surface area contributed by atoms with E-state index in [0.29, 0.717) is 19.5 Å². The fourth-order valence-corrected chi connectivity index (χ4v) is 3.67. The van der Waals surface area contributed by atoms with Crippen molar-refractivity contribution in [2.75, 3.05) is 26.5 Å². The van der Waals surface area contributed by atoms with Crippen molar-refractivity contribution < 1.29 is 9.53 Å². The minimum Gasteiger partial charge on any atom is -0.497 e. The molecule has 2 aromatic carbocycles. The first kappa shape index (κ1) is 17.8. The highest BCUT2D eigenvalue weighted by Gasteiger charge is 2.33. The van der Waals surface area contributed by atoms with Gasteiger partial charge in [-0.05, 0) is 41.6 Å². The highest BCUT2D eigenvalue weighted by atomic mass is 32.2. The van der Waals surface area contributed by atoms with Gasteiger partial charge < -0.3 is 15.4 Å². The van der Waals surface area contributed by atoms with E-state index in [4.69, 9.17) is 10.5 Å². The van der Waals surface area contributed by atoms with E-state index in [1.54, 1.807) is 18.9 Å². The highest BCUT2D eigenvalue weighted by Crippen LogP contribution is 2.28. The van der Waals surface area contributed by atoms with Gasteiger partial charge in [-0.2, -0.15) is 0 Å². The van der Waals surface area contributed by atoms with Gasteiger partial charge in [0.05, 0.1) is 13.5 Å². The van der Waals surface area contributed by atoms with Crippen LogP contribution in [-0.2, 0) is 11.2 Å². The topological polar surface area (TPSA) is 55.6 Å². The number of amides is 1. The number of ether oxygens (including phenoxy) is 1. The van der Waals surface area contributed by atoms with Crippen LogP contribution in [0.15, 0.2) is 53.4 Å². The average molecular weight is 356 g/mol. The molecule has 3 rings (SSSR count). The number of hydrogen-bond donors (Lipinski definition) is 1. The number of hydrogen-bond acceptors (Lipinski definition) is 4. The van der Waals surface area contributed by atoms with Gasteiger partial charge >= 0.3 is 0 Å². The first-order valence-electron chi connectivity index (χ1n) is 8.41. The Bertz CT molecular complexity index is 715. The van der Waals surface area contributed by atoms with Crippen LogP contribution in [0, 0.1) is 0 Å². The largest absolute Gasteiger partial charge is 0.497 e. The van der Waals surface area contributed by atoms with Gasteiger partial charge in [0.1, 0.15) is 5.75 Å². The van der Waals surface area contributed by atoms with Gasteiger partial charge in [0.2, 0.25) is 5.91 Å². The first-order valence-corrected chi connectivity index (χ1v) is 9.63. The van der Waals surface area contributed by atoms with E-state index in [1.807, 2.05) is 47.6 Å². The summed E-state index contributed by atoms with van der Waals surface area (Å²) in [6, 6.07) is 16.1. The fourth-order valence-electron chi connectivity index (χ4n) is 3.27. The van der Waals surface area contributed by atoms with Gasteiger partial charge in [0.15, 0.2) is 0 Å². The molecule has 1 aliphatic rings. The zero-order valence-corrected chi connectivity index (χ0v) is 15.5. The Hall–Kier alpha value is -1.98. The van der Waals surface area contributed by atoms with Crippen molar-refractivity contribution in [3.05, 3.63) is 59.7 Å². The summed E-state index contributed by atoms with van der Waals surface area (Å²) < 4.78 is 5.20. The summed E-state index contributed by atoms with van der Waals surface area (Å²) in [6.07, 6.45) is 2.47. The second-order valence-corrected chi connectivity index (χ2v) is 7.25. The summed E-state index contributed by atoms with van der Waals surface area (Å²) in [6.45, 7) is 1.29. The highest BCUT2D eigenvalue weighted by molar-refractivity contribution is 7.98. The molecule has 1 amide bonds. The Kier molecular flexibility index (Phi) is 5.66. The number of rotatable bonds is 5.